The fourth-order valence-corrected chi connectivity index (χ4v) is 2.20. The largest absolute Gasteiger partial charge is 0.507 e. The molecule has 0 aliphatic carbocycles. The standard InChI is InChI=1S/C10H8Br2N2O/c1-14-5-9(12)13-10(14)7-4-6(11)2-3-8(7)15/h2-5,15H,1H3. The second-order valence-corrected chi connectivity index (χ2v) is 4.89. The summed E-state index contributed by atoms with van der Waals surface area (Å²) in [7, 11) is 1.88. The number of aromatic hydroxyl groups is 1. The molecule has 0 bridgehead atoms. The van der Waals surface area contributed by atoms with Crippen molar-refractivity contribution in [3.05, 3.63) is 33.5 Å². The van der Waals surface area contributed by atoms with Gasteiger partial charge in [0.25, 0.3) is 0 Å². The third-order valence-electron chi connectivity index (χ3n) is 2.05. The van der Waals surface area contributed by atoms with Gasteiger partial charge in [0, 0.05) is 17.7 Å². The Hall–Kier alpha value is -0.810. The number of rotatable bonds is 1. The van der Waals surface area contributed by atoms with Crippen LogP contribution in [0.3, 0.4) is 0 Å². The molecule has 0 unspecified atom stereocenters. The zero-order valence-corrected chi connectivity index (χ0v) is 11.1. The highest BCUT2D eigenvalue weighted by molar-refractivity contribution is 9.10. The summed E-state index contributed by atoms with van der Waals surface area (Å²) in [6.07, 6.45) is 1.84. The molecular formula is C10H8Br2N2O. The molecule has 0 radical (unpaired) electrons. The molecule has 0 spiro atoms. The minimum atomic E-state index is 0.222. The molecule has 2 aromatic rings. The van der Waals surface area contributed by atoms with Crippen molar-refractivity contribution in [2.75, 3.05) is 0 Å². The summed E-state index contributed by atoms with van der Waals surface area (Å²) in [5.74, 6) is 0.945. The van der Waals surface area contributed by atoms with E-state index in [1.807, 2.05) is 23.9 Å². The smallest absolute Gasteiger partial charge is 0.144 e. The first kappa shape index (κ1) is 10.7. The molecule has 3 nitrogen and oxygen atoms in total. The summed E-state index contributed by atoms with van der Waals surface area (Å²) in [4.78, 5) is 4.28. The fourth-order valence-electron chi connectivity index (χ4n) is 1.37. The molecule has 2 rings (SSSR count). The van der Waals surface area contributed by atoms with Crippen LogP contribution in [0.5, 0.6) is 5.75 Å². The van der Waals surface area contributed by atoms with Crippen molar-refractivity contribution >= 4 is 31.9 Å². The van der Waals surface area contributed by atoms with Crippen molar-refractivity contribution in [3.63, 3.8) is 0 Å². The van der Waals surface area contributed by atoms with Crippen LogP contribution < -0.4 is 0 Å². The van der Waals surface area contributed by atoms with Crippen LogP contribution >= 0.6 is 31.9 Å². The predicted octanol–water partition coefficient (Wildman–Crippen LogP) is 3.32. The summed E-state index contributed by atoms with van der Waals surface area (Å²) in [5.41, 5.74) is 0.706. The topological polar surface area (TPSA) is 38.0 Å². The highest BCUT2D eigenvalue weighted by Gasteiger charge is 2.10. The van der Waals surface area contributed by atoms with E-state index in [9.17, 15) is 5.11 Å². The molecule has 0 saturated heterocycles. The maximum absolute atomic E-state index is 9.73. The third-order valence-corrected chi connectivity index (χ3v) is 2.92. The Labute approximate surface area is 104 Å². The SMILES string of the molecule is Cn1cc(Br)nc1-c1cc(Br)ccc1O. The number of hydrogen-bond donors (Lipinski definition) is 1. The lowest BCUT2D eigenvalue weighted by molar-refractivity contribution is 0.476. The highest BCUT2D eigenvalue weighted by Crippen LogP contribution is 2.31. The monoisotopic (exact) mass is 330 g/mol. The molecule has 0 aliphatic heterocycles. The summed E-state index contributed by atoms with van der Waals surface area (Å²) < 4.78 is 3.51. The van der Waals surface area contributed by atoms with E-state index in [0.717, 1.165) is 14.9 Å². The van der Waals surface area contributed by atoms with Gasteiger partial charge in [-0.15, -0.1) is 0 Å². The van der Waals surface area contributed by atoms with Gasteiger partial charge in [0.15, 0.2) is 0 Å². The second kappa shape index (κ2) is 3.98. The summed E-state index contributed by atoms with van der Waals surface area (Å²) in [6.45, 7) is 0. The van der Waals surface area contributed by atoms with Crippen LogP contribution in [0.15, 0.2) is 33.5 Å². The molecule has 5 heteroatoms. The Morgan fingerprint density at radius 1 is 1.33 bits per heavy atom. The predicted molar refractivity (Wildman–Crippen MR) is 65.7 cm³/mol. The highest BCUT2D eigenvalue weighted by atomic mass is 79.9. The fraction of sp³-hybridized carbons (Fsp3) is 0.100. The number of imidazole rings is 1. The van der Waals surface area contributed by atoms with E-state index < -0.39 is 0 Å². The first-order valence-corrected chi connectivity index (χ1v) is 5.84. The molecule has 1 aromatic heterocycles. The average molecular weight is 332 g/mol. The quantitative estimate of drug-likeness (QED) is 0.870. The van der Waals surface area contributed by atoms with E-state index in [-0.39, 0.29) is 5.75 Å². The zero-order valence-electron chi connectivity index (χ0n) is 7.91. The minimum absolute atomic E-state index is 0.222. The molecule has 0 amide bonds. The zero-order chi connectivity index (χ0) is 11.0. The van der Waals surface area contributed by atoms with E-state index in [4.69, 9.17) is 0 Å². The van der Waals surface area contributed by atoms with Crippen LogP contribution in [-0.4, -0.2) is 14.7 Å². The van der Waals surface area contributed by atoms with E-state index in [2.05, 4.69) is 36.8 Å². The van der Waals surface area contributed by atoms with Gasteiger partial charge in [0.1, 0.15) is 16.2 Å². The molecule has 1 N–H and O–H groups in total. The molecule has 15 heavy (non-hydrogen) atoms. The van der Waals surface area contributed by atoms with Gasteiger partial charge in [-0.2, -0.15) is 0 Å². The van der Waals surface area contributed by atoms with Gasteiger partial charge >= 0.3 is 0 Å². The number of phenols is 1. The number of nitrogens with zero attached hydrogens (tertiary/aromatic N) is 2. The Morgan fingerprint density at radius 2 is 2.07 bits per heavy atom. The van der Waals surface area contributed by atoms with Crippen molar-refractivity contribution in [1.82, 2.24) is 9.55 Å². The van der Waals surface area contributed by atoms with Crippen LogP contribution in [0.25, 0.3) is 11.4 Å². The Kier molecular flexibility index (Phi) is 2.84. The van der Waals surface area contributed by atoms with Crippen LogP contribution in [0.1, 0.15) is 0 Å². The minimum Gasteiger partial charge on any atom is -0.507 e. The average Bonchev–Trinajstić information content (AvgIpc) is 2.50. The number of benzene rings is 1. The molecule has 0 saturated carbocycles. The van der Waals surface area contributed by atoms with Gasteiger partial charge in [0.2, 0.25) is 0 Å². The van der Waals surface area contributed by atoms with Gasteiger partial charge in [-0.25, -0.2) is 4.98 Å². The maximum Gasteiger partial charge on any atom is 0.144 e. The molecule has 1 heterocycles. The normalized spacial score (nSPS) is 10.6. The van der Waals surface area contributed by atoms with E-state index in [1.54, 1.807) is 12.1 Å². The molecule has 78 valence electrons. The van der Waals surface area contributed by atoms with Gasteiger partial charge in [-0.1, -0.05) is 15.9 Å². The van der Waals surface area contributed by atoms with E-state index in [0.29, 0.717) is 5.56 Å². The van der Waals surface area contributed by atoms with Crippen molar-refractivity contribution in [2.45, 2.75) is 0 Å². The Morgan fingerprint density at radius 3 is 2.67 bits per heavy atom. The first-order valence-electron chi connectivity index (χ1n) is 4.25. The number of phenolic OH excluding ortho intramolecular Hbond substituents is 1. The lowest BCUT2D eigenvalue weighted by atomic mass is 10.2. The lowest BCUT2D eigenvalue weighted by Crippen LogP contribution is -1.91. The number of aromatic nitrogens is 2. The molecule has 0 fully saturated rings. The summed E-state index contributed by atoms with van der Waals surface area (Å²) >= 11 is 6.66. The maximum atomic E-state index is 9.73. The van der Waals surface area contributed by atoms with E-state index in [1.165, 1.54) is 0 Å². The van der Waals surface area contributed by atoms with Crippen molar-refractivity contribution in [2.24, 2.45) is 7.05 Å². The third kappa shape index (κ3) is 2.08. The first-order chi connectivity index (χ1) is 7.08. The Balaban J connectivity index is 2.62. The van der Waals surface area contributed by atoms with Crippen LogP contribution in [-0.2, 0) is 7.05 Å². The molecular weight excluding hydrogens is 324 g/mol. The number of hydrogen-bond acceptors (Lipinski definition) is 2. The number of halogens is 2. The second-order valence-electron chi connectivity index (χ2n) is 3.16. The summed E-state index contributed by atoms with van der Waals surface area (Å²) in [6, 6.07) is 5.27. The van der Waals surface area contributed by atoms with Gasteiger partial charge in [0.05, 0.1) is 5.56 Å². The van der Waals surface area contributed by atoms with Crippen molar-refractivity contribution < 1.29 is 5.11 Å². The Bertz CT molecular complexity index is 508. The van der Waals surface area contributed by atoms with Crippen LogP contribution in [0, 0.1) is 0 Å². The van der Waals surface area contributed by atoms with Crippen LogP contribution in [0.4, 0.5) is 0 Å². The summed E-state index contributed by atoms with van der Waals surface area (Å²) in [5, 5.41) is 9.73. The van der Waals surface area contributed by atoms with Crippen molar-refractivity contribution in [3.8, 4) is 17.1 Å². The molecule has 0 aliphatic rings. The van der Waals surface area contributed by atoms with Crippen LogP contribution in [0.2, 0.25) is 0 Å². The van der Waals surface area contributed by atoms with Gasteiger partial charge in [-0.05, 0) is 34.1 Å². The lowest BCUT2D eigenvalue weighted by Gasteiger charge is -2.04. The van der Waals surface area contributed by atoms with Crippen molar-refractivity contribution in [1.29, 1.82) is 0 Å². The van der Waals surface area contributed by atoms with E-state index >= 15 is 0 Å². The molecule has 0 atom stereocenters. The van der Waals surface area contributed by atoms with Gasteiger partial charge in [-0.3, -0.25) is 0 Å². The van der Waals surface area contributed by atoms with Gasteiger partial charge < -0.3 is 9.67 Å². The molecule has 1 aromatic carbocycles. The number of aryl methyl sites for hydroxylation is 1.